The fourth-order valence-corrected chi connectivity index (χ4v) is 2.25. The standard InChI is InChI=1S/C13H23BN2O3/c1-6-13(4)12(2,3)18-14(19-13)11-9-15-16(10-11)7-8-17-5/h9-10H,6-8H2,1-5H3/t13-/m0/s1. The molecule has 19 heavy (non-hydrogen) atoms. The van der Waals surface area contributed by atoms with E-state index in [1.807, 2.05) is 10.9 Å². The highest BCUT2D eigenvalue weighted by atomic mass is 16.7. The lowest BCUT2D eigenvalue weighted by molar-refractivity contribution is -0.0118. The molecule has 0 bridgehead atoms. The molecule has 0 N–H and O–H groups in total. The highest BCUT2D eigenvalue weighted by Gasteiger charge is 2.53. The number of hydrogen-bond donors (Lipinski definition) is 0. The van der Waals surface area contributed by atoms with Crippen molar-refractivity contribution < 1.29 is 14.0 Å². The Kier molecular flexibility index (Phi) is 4.04. The molecule has 5 nitrogen and oxygen atoms in total. The van der Waals surface area contributed by atoms with Crippen LogP contribution in [-0.4, -0.2) is 41.8 Å². The van der Waals surface area contributed by atoms with Gasteiger partial charge in [-0.2, -0.15) is 5.10 Å². The first-order chi connectivity index (χ1) is 8.92. The van der Waals surface area contributed by atoms with Crippen molar-refractivity contribution in [2.45, 2.75) is 51.9 Å². The zero-order valence-electron chi connectivity index (χ0n) is 12.5. The first kappa shape index (κ1) is 14.6. The minimum Gasteiger partial charge on any atom is -0.399 e. The number of hydrogen-bond acceptors (Lipinski definition) is 4. The molecule has 0 aliphatic carbocycles. The third-order valence-corrected chi connectivity index (χ3v) is 4.17. The largest absolute Gasteiger partial charge is 0.498 e. The molecular weight excluding hydrogens is 243 g/mol. The first-order valence-corrected chi connectivity index (χ1v) is 6.79. The van der Waals surface area contributed by atoms with Crippen molar-refractivity contribution in [3.8, 4) is 0 Å². The Labute approximate surface area is 115 Å². The second kappa shape index (κ2) is 5.27. The lowest BCUT2D eigenvalue weighted by Gasteiger charge is -2.35. The normalized spacial score (nSPS) is 26.1. The van der Waals surface area contributed by atoms with E-state index in [1.165, 1.54) is 0 Å². The third kappa shape index (κ3) is 2.71. The smallest absolute Gasteiger partial charge is 0.399 e. The molecular formula is C13H23BN2O3. The molecule has 1 aliphatic heterocycles. The molecule has 106 valence electrons. The summed E-state index contributed by atoms with van der Waals surface area (Å²) in [6.07, 6.45) is 4.67. The average Bonchev–Trinajstić information content (AvgIpc) is 2.91. The maximum absolute atomic E-state index is 6.11. The molecule has 1 fully saturated rings. The third-order valence-electron chi connectivity index (χ3n) is 4.17. The summed E-state index contributed by atoms with van der Waals surface area (Å²) in [5, 5.41) is 4.30. The Morgan fingerprint density at radius 2 is 2.11 bits per heavy atom. The van der Waals surface area contributed by atoms with E-state index < -0.39 is 0 Å². The quantitative estimate of drug-likeness (QED) is 0.752. The van der Waals surface area contributed by atoms with Crippen molar-refractivity contribution in [3.63, 3.8) is 0 Å². The van der Waals surface area contributed by atoms with Gasteiger partial charge in [-0.15, -0.1) is 0 Å². The molecule has 1 aromatic rings. The van der Waals surface area contributed by atoms with Gasteiger partial charge >= 0.3 is 7.12 Å². The molecule has 0 unspecified atom stereocenters. The summed E-state index contributed by atoms with van der Waals surface area (Å²) >= 11 is 0. The number of ether oxygens (including phenoxy) is 1. The first-order valence-electron chi connectivity index (χ1n) is 6.79. The van der Waals surface area contributed by atoms with Crippen LogP contribution in [0.2, 0.25) is 0 Å². The van der Waals surface area contributed by atoms with E-state index in [0.29, 0.717) is 6.61 Å². The van der Waals surface area contributed by atoms with Gasteiger partial charge in [-0.25, -0.2) is 0 Å². The SMILES string of the molecule is CC[C@]1(C)OB(c2cnn(CCOC)c2)OC1(C)C. The highest BCUT2D eigenvalue weighted by Crippen LogP contribution is 2.39. The number of rotatable bonds is 5. The van der Waals surface area contributed by atoms with Crippen molar-refractivity contribution in [1.82, 2.24) is 9.78 Å². The van der Waals surface area contributed by atoms with Crippen LogP contribution < -0.4 is 5.46 Å². The lowest BCUT2D eigenvalue weighted by atomic mass is 9.82. The molecule has 0 spiro atoms. The van der Waals surface area contributed by atoms with Crippen LogP contribution in [0.4, 0.5) is 0 Å². The molecule has 1 atom stereocenters. The number of aromatic nitrogens is 2. The molecule has 1 aliphatic rings. The summed E-state index contributed by atoms with van der Waals surface area (Å²) in [6, 6.07) is 0. The van der Waals surface area contributed by atoms with Gasteiger partial charge in [-0.3, -0.25) is 4.68 Å². The number of nitrogens with zero attached hydrogens (tertiary/aromatic N) is 2. The van der Waals surface area contributed by atoms with Crippen LogP contribution in [-0.2, 0) is 20.6 Å². The maximum Gasteiger partial charge on any atom is 0.498 e. The summed E-state index contributed by atoms with van der Waals surface area (Å²) in [5.41, 5.74) is 0.384. The molecule has 6 heteroatoms. The van der Waals surface area contributed by atoms with E-state index in [-0.39, 0.29) is 18.3 Å². The van der Waals surface area contributed by atoms with Gasteiger partial charge in [-0.1, -0.05) is 6.92 Å². The van der Waals surface area contributed by atoms with Crippen molar-refractivity contribution in [3.05, 3.63) is 12.4 Å². The molecule has 0 radical (unpaired) electrons. The molecule has 0 amide bonds. The van der Waals surface area contributed by atoms with Crippen LogP contribution in [0, 0.1) is 0 Å². The molecule has 0 aromatic carbocycles. The van der Waals surface area contributed by atoms with Gasteiger partial charge in [0.15, 0.2) is 0 Å². The van der Waals surface area contributed by atoms with Crippen molar-refractivity contribution in [1.29, 1.82) is 0 Å². The summed E-state index contributed by atoms with van der Waals surface area (Å²) in [7, 11) is 1.35. The Bertz CT molecular complexity index is 435. The van der Waals surface area contributed by atoms with Crippen LogP contribution in [0.1, 0.15) is 34.1 Å². The lowest BCUT2D eigenvalue weighted by Crippen LogP contribution is -2.44. The molecule has 1 saturated heterocycles. The van der Waals surface area contributed by atoms with Gasteiger partial charge in [0, 0.05) is 25.0 Å². The van der Waals surface area contributed by atoms with E-state index in [0.717, 1.165) is 18.4 Å². The van der Waals surface area contributed by atoms with Gasteiger partial charge < -0.3 is 14.0 Å². The predicted molar refractivity (Wildman–Crippen MR) is 74.4 cm³/mol. The molecule has 0 saturated carbocycles. The topological polar surface area (TPSA) is 45.5 Å². The minimum atomic E-state index is -0.337. The van der Waals surface area contributed by atoms with Crippen LogP contribution in [0.15, 0.2) is 12.4 Å². The highest BCUT2D eigenvalue weighted by molar-refractivity contribution is 6.62. The molecule has 2 heterocycles. The van der Waals surface area contributed by atoms with Crippen molar-refractivity contribution in [2.75, 3.05) is 13.7 Å². The second-order valence-corrected chi connectivity index (χ2v) is 5.69. The number of methoxy groups -OCH3 is 1. The van der Waals surface area contributed by atoms with Gasteiger partial charge in [0.1, 0.15) is 0 Å². The van der Waals surface area contributed by atoms with Crippen molar-refractivity contribution >= 4 is 12.6 Å². The summed E-state index contributed by atoms with van der Waals surface area (Å²) in [6.45, 7) is 9.75. The fourth-order valence-electron chi connectivity index (χ4n) is 2.25. The summed E-state index contributed by atoms with van der Waals surface area (Å²) < 4.78 is 19.1. The molecule has 2 rings (SSSR count). The Morgan fingerprint density at radius 3 is 2.68 bits per heavy atom. The summed E-state index contributed by atoms with van der Waals surface area (Å²) in [5.74, 6) is 0. The van der Waals surface area contributed by atoms with Crippen LogP contribution in [0.5, 0.6) is 0 Å². The zero-order chi connectivity index (χ0) is 14.1. The van der Waals surface area contributed by atoms with Gasteiger partial charge in [0.2, 0.25) is 0 Å². The van der Waals surface area contributed by atoms with Crippen LogP contribution in [0.3, 0.4) is 0 Å². The predicted octanol–water partition coefficient (Wildman–Crippen LogP) is 1.22. The average molecular weight is 266 g/mol. The Hall–Kier alpha value is -0.845. The van der Waals surface area contributed by atoms with Gasteiger partial charge in [0.25, 0.3) is 0 Å². The van der Waals surface area contributed by atoms with E-state index in [1.54, 1.807) is 13.3 Å². The zero-order valence-corrected chi connectivity index (χ0v) is 12.5. The van der Waals surface area contributed by atoms with E-state index in [9.17, 15) is 0 Å². The van der Waals surface area contributed by atoms with Gasteiger partial charge in [0.05, 0.1) is 24.4 Å². The monoisotopic (exact) mass is 266 g/mol. The Balaban J connectivity index is 2.10. The van der Waals surface area contributed by atoms with Crippen LogP contribution >= 0.6 is 0 Å². The Morgan fingerprint density at radius 1 is 1.37 bits per heavy atom. The van der Waals surface area contributed by atoms with Crippen LogP contribution in [0.25, 0.3) is 0 Å². The minimum absolute atomic E-state index is 0.272. The molecule has 1 aromatic heterocycles. The summed E-state index contributed by atoms with van der Waals surface area (Å²) in [4.78, 5) is 0. The van der Waals surface area contributed by atoms with Crippen molar-refractivity contribution in [2.24, 2.45) is 0 Å². The van der Waals surface area contributed by atoms with E-state index in [2.05, 4.69) is 32.8 Å². The van der Waals surface area contributed by atoms with E-state index in [4.69, 9.17) is 14.0 Å². The van der Waals surface area contributed by atoms with Gasteiger partial charge in [-0.05, 0) is 27.2 Å². The fraction of sp³-hybridized carbons (Fsp3) is 0.769. The second-order valence-electron chi connectivity index (χ2n) is 5.69. The maximum atomic E-state index is 6.11. The van der Waals surface area contributed by atoms with E-state index >= 15 is 0 Å².